The fourth-order valence-corrected chi connectivity index (χ4v) is 15.4. The van der Waals surface area contributed by atoms with E-state index in [0.29, 0.717) is 16.7 Å². The topological polar surface area (TPSA) is 322 Å². The zero-order valence-corrected chi connectivity index (χ0v) is 64.7. The van der Waals surface area contributed by atoms with Crippen LogP contribution in [-0.4, -0.2) is 187 Å². The van der Waals surface area contributed by atoms with Crippen molar-refractivity contribution in [2.75, 3.05) is 32.1 Å². The number of ether oxygens (including phenoxy) is 15. The summed E-state index contributed by atoms with van der Waals surface area (Å²) in [5, 5.41) is 0. The van der Waals surface area contributed by atoms with E-state index in [4.69, 9.17) is 71.1 Å². The van der Waals surface area contributed by atoms with Crippen LogP contribution in [0.25, 0.3) is 0 Å². The number of esters is 10. The molecule has 3 saturated heterocycles. The third-order valence-electron chi connectivity index (χ3n) is 19.1. The van der Waals surface area contributed by atoms with Gasteiger partial charge in [-0.1, -0.05) is 206 Å². The van der Waals surface area contributed by atoms with Gasteiger partial charge in [-0.05, 0) is 121 Å². The van der Waals surface area contributed by atoms with E-state index in [2.05, 4.69) is 4.99 Å². The largest absolute Gasteiger partial charge is 0.459 e. The second-order valence-corrected chi connectivity index (χ2v) is 29.4. The van der Waals surface area contributed by atoms with Gasteiger partial charge in [-0.15, -0.1) is 0 Å². The highest BCUT2D eigenvalue weighted by molar-refractivity contribution is 8.39. The van der Waals surface area contributed by atoms with Gasteiger partial charge in [0.25, 0.3) is 0 Å². The number of thioether (sulfide) groups is 2. The third kappa shape index (κ3) is 21.3. The molecule has 0 N–H and O–H groups in total. The smallest absolute Gasteiger partial charge is 0.338 e. The summed E-state index contributed by atoms with van der Waals surface area (Å²) in [4.78, 5) is 153. The fraction of sp³-hybridized carbons (Fsp3) is 0.220. The highest BCUT2D eigenvalue weighted by Gasteiger charge is 2.59. The summed E-state index contributed by atoms with van der Waals surface area (Å²) < 4.78 is 99.3. The summed E-state index contributed by atoms with van der Waals surface area (Å²) in [5.74, 6) is -9.48. The van der Waals surface area contributed by atoms with Crippen LogP contribution in [0.4, 0.5) is 0 Å². The molecular formula is C91H75NO25S2. The van der Waals surface area contributed by atoms with Crippen LogP contribution in [0.2, 0.25) is 0 Å². The van der Waals surface area contributed by atoms with Crippen molar-refractivity contribution < 1.29 is 119 Å². The lowest BCUT2D eigenvalue weighted by atomic mass is 9.96. The predicted molar refractivity (Wildman–Crippen MR) is 428 cm³/mol. The number of hydrogen-bond donors (Lipinski definition) is 0. The van der Waals surface area contributed by atoms with E-state index in [1.807, 2.05) is 0 Å². The van der Waals surface area contributed by atoms with Crippen LogP contribution in [0.3, 0.4) is 0 Å². The average Bonchev–Trinajstić information content (AvgIpc) is 1.01. The molecule has 15 atom stereocenters. The molecule has 0 bridgehead atoms. The van der Waals surface area contributed by atoms with Crippen LogP contribution < -0.4 is 0 Å². The minimum atomic E-state index is -2.11. The van der Waals surface area contributed by atoms with Gasteiger partial charge < -0.3 is 71.1 Å². The molecule has 606 valence electrons. The second-order valence-electron chi connectivity index (χ2n) is 27.0. The summed E-state index contributed by atoms with van der Waals surface area (Å²) in [6.45, 7) is -2.23. The molecule has 10 aromatic rings. The molecule has 3 fully saturated rings. The van der Waals surface area contributed by atoms with Crippen LogP contribution in [0.5, 0.6) is 0 Å². The molecule has 26 nitrogen and oxygen atoms in total. The normalized spacial score (nSPS) is 23.1. The van der Waals surface area contributed by atoms with E-state index in [0.717, 1.165) is 11.8 Å². The number of hydrogen-bond acceptors (Lipinski definition) is 28. The highest BCUT2D eigenvalue weighted by Crippen LogP contribution is 2.41. The Morgan fingerprint density at radius 1 is 0.269 bits per heavy atom. The van der Waals surface area contributed by atoms with Crippen LogP contribution in [-0.2, 0) is 71.1 Å². The van der Waals surface area contributed by atoms with Gasteiger partial charge in [-0.25, -0.2) is 47.9 Å². The van der Waals surface area contributed by atoms with Gasteiger partial charge in [0.1, 0.15) is 29.3 Å². The summed E-state index contributed by atoms with van der Waals surface area (Å²) in [5.41, 5.74) is -1.41. The number of carbonyl (C=O) groups is 10. The van der Waals surface area contributed by atoms with Gasteiger partial charge in [0.05, 0.1) is 75.4 Å². The Bertz CT molecular complexity index is 5150. The third-order valence-corrected chi connectivity index (χ3v) is 21.4. The van der Waals surface area contributed by atoms with Crippen LogP contribution in [0.1, 0.15) is 104 Å². The maximum atomic E-state index is 15.2. The minimum Gasteiger partial charge on any atom is -0.459 e. The predicted octanol–water partition coefficient (Wildman–Crippen LogP) is 12.9. The van der Waals surface area contributed by atoms with Crippen molar-refractivity contribution in [1.29, 1.82) is 0 Å². The van der Waals surface area contributed by atoms with Gasteiger partial charge >= 0.3 is 59.7 Å². The first-order chi connectivity index (χ1) is 58.2. The first-order valence-electron chi connectivity index (χ1n) is 37.8. The fourth-order valence-electron chi connectivity index (χ4n) is 13.2. The molecule has 0 amide bonds. The Morgan fingerprint density at radius 2 is 0.487 bits per heavy atom. The summed E-state index contributed by atoms with van der Waals surface area (Å²) in [6.07, 6.45) is -26.8. The highest BCUT2D eigenvalue weighted by atomic mass is 32.2. The van der Waals surface area contributed by atoms with Crippen molar-refractivity contribution in [3.05, 3.63) is 359 Å². The summed E-state index contributed by atoms with van der Waals surface area (Å²) in [6, 6.07) is 77.1. The molecule has 4 aliphatic heterocycles. The number of aliphatic imine (C=N–C) groups is 1. The van der Waals surface area contributed by atoms with E-state index in [1.54, 1.807) is 182 Å². The van der Waals surface area contributed by atoms with Crippen molar-refractivity contribution in [3.63, 3.8) is 0 Å². The van der Waals surface area contributed by atoms with Crippen molar-refractivity contribution in [2.24, 2.45) is 4.99 Å². The van der Waals surface area contributed by atoms with Gasteiger partial charge in [0.15, 0.2) is 73.0 Å². The quantitative estimate of drug-likeness (QED) is 0.0325. The summed E-state index contributed by atoms with van der Waals surface area (Å²) in [7, 11) is 0. The lowest BCUT2D eigenvalue weighted by molar-refractivity contribution is -0.332. The molecule has 4 aliphatic rings. The van der Waals surface area contributed by atoms with Crippen LogP contribution >= 0.6 is 23.5 Å². The summed E-state index contributed by atoms with van der Waals surface area (Å²) >= 11 is 2.37. The first kappa shape index (κ1) is 82.6. The number of nitrogens with zero attached hydrogens (tertiary/aromatic N) is 1. The zero-order valence-electron chi connectivity index (χ0n) is 63.0. The number of rotatable bonds is 28. The van der Waals surface area contributed by atoms with Crippen molar-refractivity contribution >= 4 is 87.6 Å². The maximum Gasteiger partial charge on any atom is 0.338 e. The molecule has 4 heterocycles. The molecule has 0 aliphatic carbocycles. The Kier molecular flexibility index (Phi) is 28.0. The lowest BCUT2D eigenvalue weighted by Gasteiger charge is -2.47. The SMILES string of the molecule is O=C(OCC1OC(OCC2OC(OCC3OC(SC4=NCCS4)C(OC(=O)c4ccccc4)C(OC(=O)c4ccccc4)C3OC(=O)c3ccccc3)C(OC(=O)c3ccccc3)C(OC(=O)c3ccccc3)C2OC(=O)c2ccccc2)C(OC(=O)c2ccccc2)C(OC(=O)c2ccccc2)C1OC(=O)c1ccccc1)c1ccccc1. The molecule has 10 aromatic carbocycles. The number of benzene rings is 10. The Labute approximate surface area is 690 Å². The molecule has 15 unspecified atom stereocenters. The van der Waals surface area contributed by atoms with Crippen molar-refractivity contribution in [1.82, 2.24) is 0 Å². The molecule has 0 aromatic heterocycles. The van der Waals surface area contributed by atoms with Crippen LogP contribution in [0.15, 0.2) is 308 Å². The van der Waals surface area contributed by atoms with E-state index in [-0.39, 0.29) is 55.6 Å². The monoisotopic (exact) mass is 1650 g/mol. The van der Waals surface area contributed by atoms with Gasteiger partial charge in [-0.2, -0.15) is 0 Å². The molecule has 14 rings (SSSR count). The standard InChI is InChI=1S/C91H75NO25S2/c93-78(56-31-11-1-12-32-56)103-53-66-69(109-79(94)57-33-13-2-14-34-57)72(112-82(97)60-39-19-5-20-40-60)75(115-85(100)63-45-25-8-26-46-63)88(106-66)104-54-67-70(110-80(95)58-35-15-3-16-36-58)73(113-83(98)61-41-21-6-22-42-61)76(116-86(101)64-47-27-9-28-48-64)89(107-67)105-55-68-71(111-81(96)59-37-17-4-18-38-59)74(114-84(99)62-43-23-7-24-44-62)77(90(108-68)119-91-92-51-52-118-91)117-87(102)65-49-29-10-30-50-65/h1-50,66-77,88-90H,51-55H2. The lowest BCUT2D eigenvalue weighted by Crippen LogP contribution is -2.65. The second kappa shape index (κ2) is 40.3. The molecular weight excluding hydrogens is 1570 g/mol. The molecule has 119 heavy (non-hydrogen) atoms. The maximum absolute atomic E-state index is 15.2. The van der Waals surface area contributed by atoms with Gasteiger partial charge in [0, 0.05) is 5.75 Å². The average molecular weight is 1650 g/mol. The van der Waals surface area contributed by atoms with Crippen molar-refractivity contribution in [2.45, 2.75) is 91.3 Å². The van der Waals surface area contributed by atoms with Gasteiger partial charge in [-0.3, -0.25) is 4.99 Å². The molecule has 0 saturated carbocycles. The van der Waals surface area contributed by atoms with E-state index < -0.39 is 171 Å². The molecule has 0 spiro atoms. The van der Waals surface area contributed by atoms with Crippen molar-refractivity contribution in [3.8, 4) is 0 Å². The van der Waals surface area contributed by atoms with Gasteiger partial charge in [0.2, 0.25) is 0 Å². The van der Waals surface area contributed by atoms with E-state index in [1.165, 1.54) is 133 Å². The molecule has 28 heteroatoms. The minimum absolute atomic E-state index is 0.00454. The van der Waals surface area contributed by atoms with Crippen LogP contribution in [0, 0.1) is 0 Å². The number of carbonyl (C=O) groups excluding carboxylic acids is 10. The Hall–Kier alpha value is -12.9. The Morgan fingerprint density at radius 3 is 0.748 bits per heavy atom. The molecule has 0 radical (unpaired) electrons. The Balaban J connectivity index is 0.908. The zero-order chi connectivity index (χ0) is 82.4. The van der Waals surface area contributed by atoms with E-state index >= 15 is 14.4 Å². The van der Waals surface area contributed by atoms with E-state index in [9.17, 15) is 33.6 Å². The first-order valence-corrected chi connectivity index (χ1v) is 39.6.